The molecule has 3 nitrogen and oxygen atoms in total. The van der Waals surface area contributed by atoms with Crippen molar-refractivity contribution in [2.24, 2.45) is 5.92 Å². The Morgan fingerprint density at radius 3 is 2.35 bits per heavy atom. The standard InChI is InChI=1S/C15H16F2N2O/c16-11-5-12(17)7-14(6-11)20-9-15(8-18,10-1-2-10)19-13-3-4-13/h5-7,10,13,19H,1-4,9H2. The number of halogens is 2. The zero-order chi connectivity index (χ0) is 14.2. The Bertz CT molecular complexity index is 529. The van der Waals surface area contributed by atoms with Crippen molar-refractivity contribution < 1.29 is 13.5 Å². The van der Waals surface area contributed by atoms with E-state index in [1.54, 1.807) is 0 Å². The predicted octanol–water partition coefficient (Wildman–Crippen LogP) is 2.77. The summed E-state index contributed by atoms with van der Waals surface area (Å²) < 4.78 is 31.7. The van der Waals surface area contributed by atoms with Gasteiger partial charge < -0.3 is 4.74 Å². The monoisotopic (exact) mass is 278 g/mol. The number of hydrogen-bond donors (Lipinski definition) is 1. The smallest absolute Gasteiger partial charge is 0.144 e. The molecular weight excluding hydrogens is 262 g/mol. The molecule has 0 spiro atoms. The fourth-order valence-electron chi connectivity index (χ4n) is 2.41. The third-order valence-electron chi connectivity index (χ3n) is 3.82. The van der Waals surface area contributed by atoms with Gasteiger partial charge in [-0.3, -0.25) is 5.32 Å². The van der Waals surface area contributed by atoms with Gasteiger partial charge in [0.1, 0.15) is 29.5 Å². The Morgan fingerprint density at radius 1 is 1.20 bits per heavy atom. The highest BCUT2D eigenvalue weighted by Gasteiger charge is 2.49. The first-order valence-electron chi connectivity index (χ1n) is 6.89. The van der Waals surface area contributed by atoms with Crippen LogP contribution in [0.15, 0.2) is 18.2 Å². The quantitative estimate of drug-likeness (QED) is 0.870. The molecule has 1 N–H and O–H groups in total. The molecule has 0 bridgehead atoms. The van der Waals surface area contributed by atoms with Crippen LogP contribution in [-0.4, -0.2) is 18.2 Å². The summed E-state index contributed by atoms with van der Waals surface area (Å²) in [5, 5.41) is 12.9. The Labute approximate surface area is 116 Å². The summed E-state index contributed by atoms with van der Waals surface area (Å²) in [6.45, 7) is 0.119. The number of nitriles is 1. The molecule has 0 amide bonds. The van der Waals surface area contributed by atoms with Gasteiger partial charge in [0.15, 0.2) is 0 Å². The van der Waals surface area contributed by atoms with Crippen LogP contribution in [0.4, 0.5) is 8.78 Å². The van der Waals surface area contributed by atoms with Crippen LogP contribution in [0.1, 0.15) is 25.7 Å². The lowest BCUT2D eigenvalue weighted by atomic mass is 9.96. The fourth-order valence-corrected chi connectivity index (χ4v) is 2.41. The first-order chi connectivity index (χ1) is 9.61. The van der Waals surface area contributed by atoms with Gasteiger partial charge in [0.25, 0.3) is 0 Å². The van der Waals surface area contributed by atoms with Crippen LogP contribution in [0.3, 0.4) is 0 Å². The summed E-state index contributed by atoms with van der Waals surface area (Å²) in [6.07, 6.45) is 4.14. The van der Waals surface area contributed by atoms with Crippen molar-refractivity contribution in [3.8, 4) is 11.8 Å². The second-order valence-corrected chi connectivity index (χ2v) is 5.67. The van der Waals surface area contributed by atoms with Gasteiger partial charge in [-0.2, -0.15) is 5.26 Å². The normalized spacial score (nSPS) is 21.1. The van der Waals surface area contributed by atoms with E-state index in [0.717, 1.165) is 43.9 Å². The lowest BCUT2D eigenvalue weighted by Gasteiger charge is -2.28. The summed E-state index contributed by atoms with van der Waals surface area (Å²) in [5.74, 6) is -0.958. The van der Waals surface area contributed by atoms with Gasteiger partial charge in [-0.25, -0.2) is 8.78 Å². The molecule has 2 saturated carbocycles. The maximum Gasteiger partial charge on any atom is 0.144 e. The molecule has 3 rings (SSSR count). The number of nitrogens with one attached hydrogen (secondary N) is 1. The highest BCUT2D eigenvalue weighted by molar-refractivity contribution is 5.25. The second kappa shape index (κ2) is 5.02. The molecule has 0 radical (unpaired) electrons. The molecular formula is C15H16F2N2O. The summed E-state index contributed by atoms with van der Waals surface area (Å²) in [7, 11) is 0. The lowest BCUT2D eigenvalue weighted by Crippen LogP contribution is -2.52. The number of rotatable bonds is 6. The Kier molecular flexibility index (Phi) is 3.35. The van der Waals surface area contributed by atoms with E-state index in [1.165, 1.54) is 0 Å². The van der Waals surface area contributed by atoms with Gasteiger partial charge in [-0.05, 0) is 31.6 Å². The molecule has 0 saturated heterocycles. The van der Waals surface area contributed by atoms with Gasteiger partial charge in [0, 0.05) is 24.2 Å². The van der Waals surface area contributed by atoms with Crippen LogP contribution in [0.5, 0.6) is 5.75 Å². The average molecular weight is 278 g/mol. The van der Waals surface area contributed by atoms with Crippen molar-refractivity contribution in [3.05, 3.63) is 29.8 Å². The zero-order valence-corrected chi connectivity index (χ0v) is 11.0. The molecule has 0 heterocycles. The molecule has 0 aromatic heterocycles. The molecule has 1 aromatic carbocycles. The minimum Gasteiger partial charge on any atom is -0.490 e. The van der Waals surface area contributed by atoms with Gasteiger partial charge in [-0.15, -0.1) is 0 Å². The molecule has 1 atom stereocenters. The van der Waals surface area contributed by atoms with Gasteiger partial charge in [0.05, 0.1) is 6.07 Å². The number of nitrogens with zero attached hydrogens (tertiary/aromatic N) is 1. The summed E-state index contributed by atoms with van der Waals surface area (Å²) >= 11 is 0. The molecule has 20 heavy (non-hydrogen) atoms. The molecule has 106 valence electrons. The Hall–Kier alpha value is -1.67. The van der Waals surface area contributed by atoms with E-state index in [1.807, 2.05) is 0 Å². The SMILES string of the molecule is N#CC(COc1cc(F)cc(F)c1)(NC1CC1)C1CC1. The van der Waals surface area contributed by atoms with Crippen LogP contribution in [0, 0.1) is 28.9 Å². The second-order valence-electron chi connectivity index (χ2n) is 5.67. The highest BCUT2D eigenvalue weighted by atomic mass is 19.1. The van der Waals surface area contributed by atoms with Crippen molar-refractivity contribution in [3.63, 3.8) is 0 Å². The van der Waals surface area contributed by atoms with E-state index in [0.29, 0.717) is 6.04 Å². The van der Waals surface area contributed by atoms with Crippen molar-refractivity contribution in [2.75, 3.05) is 6.61 Å². The van der Waals surface area contributed by atoms with Crippen molar-refractivity contribution in [1.29, 1.82) is 5.26 Å². The third kappa shape index (κ3) is 2.91. The third-order valence-corrected chi connectivity index (χ3v) is 3.82. The van der Waals surface area contributed by atoms with Crippen molar-refractivity contribution in [2.45, 2.75) is 37.3 Å². The summed E-state index contributed by atoms with van der Waals surface area (Å²) in [4.78, 5) is 0. The Morgan fingerprint density at radius 2 is 1.85 bits per heavy atom. The highest BCUT2D eigenvalue weighted by Crippen LogP contribution is 2.41. The molecule has 5 heteroatoms. The number of hydrogen-bond acceptors (Lipinski definition) is 3. The molecule has 1 aromatic rings. The minimum atomic E-state index is -0.732. The minimum absolute atomic E-state index is 0.119. The summed E-state index contributed by atoms with van der Waals surface area (Å²) in [5.41, 5.74) is -0.732. The van der Waals surface area contributed by atoms with E-state index in [2.05, 4.69) is 11.4 Å². The molecule has 2 aliphatic carbocycles. The topological polar surface area (TPSA) is 45.0 Å². The molecule has 2 fully saturated rings. The van der Waals surface area contributed by atoms with E-state index >= 15 is 0 Å². The van der Waals surface area contributed by atoms with Crippen LogP contribution in [0.25, 0.3) is 0 Å². The number of benzene rings is 1. The summed E-state index contributed by atoms with van der Waals surface area (Å²) in [6, 6.07) is 5.77. The van der Waals surface area contributed by atoms with E-state index in [4.69, 9.17) is 4.74 Å². The van der Waals surface area contributed by atoms with Crippen molar-refractivity contribution in [1.82, 2.24) is 5.32 Å². The molecule has 1 unspecified atom stereocenters. The average Bonchev–Trinajstić information content (AvgIpc) is 3.25. The largest absolute Gasteiger partial charge is 0.490 e. The first-order valence-corrected chi connectivity index (χ1v) is 6.89. The fraction of sp³-hybridized carbons (Fsp3) is 0.533. The van der Waals surface area contributed by atoms with Gasteiger partial charge in [-0.1, -0.05) is 0 Å². The molecule has 2 aliphatic rings. The molecule has 0 aliphatic heterocycles. The van der Waals surface area contributed by atoms with Crippen molar-refractivity contribution >= 4 is 0 Å². The van der Waals surface area contributed by atoms with Gasteiger partial charge >= 0.3 is 0 Å². The van der Waals surface area contributed by atoms with E-state index < -0.39 is 17.2 Å². The van der Waals surface area contributed by atoms with Gasteiger partial charge in [0.2, 0.25) is 0 Å². The van der Waals surface area contributed by atoms with Crippen LogP contribution >= 0.6 is 0 Å². The van der Waals surface area contributed by atoms with E-state index in [9.17, 15) is 14.0 Å². The van der Waals surface area contributed by atoms with E-state index in [-0.39, 0.29) is 18.3 Å². The van der Waals surface area contributed by atoms with Crippen LogP contribution in [0.2, 0.25) is 0 Å². The predicted molar refractivity (Wildman–Crippen MR) is 69.1 cm³/mol. The first kappa shape index (κ1) is 13.3. The van der Waals surface area contributed by atoms with Crippen LogP contribution in [-0.2, 0) is 0 Å². The lowest BCUT2D eigenvalue weighted by molar-refractivity contribution is 0.199. The zero-order valence-electron chi connectivity index (χ0n) is 11.0. The maximum absolute atomic E-state index is 13.1. The number of ether oxygens (including phenoxy) is 1. The maximum atomic E-state index is 13.1. The van der Waals surface area contributed by atoms with Crippen LogP contribution < -0.4 is 10.1 Å². The Balaban J connectivity index is 1.71.